The van der Waals surface area contributed by atoms with Crippen LogP contribution in [-0.4, -0.2) is 17.1 Å². The summed E-state index contributed by atoms with van der Waals surface area (Å²) in [5.41, 5.74) is 4.61. The molecule has 2 heterocycles. The van der Waals surface area contributed by atoms with E-state index < -0.39 is 0 Å². The van der Waals surface area contributed by atoms with Gasteiger partial charge in [0, 0.05) is 22.4 Å². The van der Waals surface area contributed by atoms with E-state index in [1.54, 1.807) is 29.8 Å². The van der Waals surface area contributed by atoms with Gasteiger partial charge in [0.2, 0.25) is 5.05 Å². The van der Waals surface area contributed by atoms with Crippen molar-refractivity contribution in [1.82, 2.24) is 4.98 Å². The summed E-state index contributed by atoms with van der Waals surface area (Å²) < 4.78 is 5.15. The molecular weight excluding hydrogens is 356 g/mol. The molecule has 0 aliphatic heterocycles. The average Bonchev–Trinajstić information content (AvgIpc) is 3.20. The van der Waals surface area contributed by atoms with E-state index in [1.165, 1.54) is 16.0 Å². The van der Waals surface area contributed by atoms with E-state index in [-0.39, 0.29) is 0 Å². The lowest BCUT2D eigenvalue weighted by atomic mass is 10.1. The average molecular weight is 375 g/mol. The summed E-state index contributed by atoms with van der Waals surface area (Å²) in [4.78, 5) is 6.87. The van der Waals surface area contributed by atoms with Gasteiger partial charge in [-0.2, -0.15) is 0 Å². The summed E-state index contributed by atoms with van der Waals surface area (Å²) >= 11 is 8.47. The molecule has 3 rings (SSSR count). The van der Waals surface area contributed by atoms with Gasteiger partial charge in [-0.3, -0.25) is 0 Å². The Kier molecular flexibility index (Phi) is 5.28. The number of hydrogen-bond donors (Lipinski definition) is 1. The summed E-state index contributed by atoms with van der Waals surface area (Å²) in [6.45, 7) is 4.95. The Labute approximate surface area is 155 Å². The highest BCUT2D eigenvalue weighted by molar-refractivity contribution is 7.80. The SMILES string of the molecule is COC(=S)c1cc(-c2csc(NCc3ccc(C)cc3)n2)c(C)s1. The number of nitrogens with one attached hydrogen (secondary N) is 1. The molecule has 0 radical (unpaired) electrons. The molecular formula is C18H18N2OS3. The van der Waals surface area contributed by atoms with Crippen LogP contribution < -0.4 is 5.32 Å². The molecule has 0 spiro atoms. The van der Waals surface area contributed by atoms with E-state index in [0.717, 1.165) is 27.8 Å². The highest BCUT2D eigenvalue weighted by Gasteiger charge is 2.14. The quantitative estimate of drug-likeness (QED) is 0.605. The van der Waals surface area contributed by atoms with Crippen LogP contribution in [0.2, 0.25) is 0 Å². The molecule has 1 aromatic carbocycles. The smallest absolute Gasteiger partial charge is 0.201 e. The van der Waals surface area contributed by atoms with Crippen molar-refractivity contribution in [2.75, 3.05) is 12.4 Å². The number of rotatable bonds is 5. The molecule has 0 unspecified atom stereocenters. The van der Waals surface area contributed by atoms with Gasteiger partial charge in [0.25, 0.3) is 0 Å². The monoisotopic (exact) mass is 374 g/mol. The number of ether oxygens (including phenoxy) is 1. The van der Waals surface area contributed by atoms with Crippen LogP contribution in [0.25, 0.3) is 11.3 Å². The molecule has 0 bridgehead atoms. The number of aromatic nitrogens is 1. The second-order valence-electron chi connectivity index (χ2n) is 5.45. The molecule has 0 aliphatic carbocycles. The van der Waals surface area contributed by atoms with Crippen LogP contribution in [0.1, 0.15) is 20.9 Å². The summed E-state index contributed by atoms with van der Waals surface area (Å²) in [5, 5.41) is 6.92. The molecule has 124 valence electrons. The zero-order valence-corrected chi connectivity index (χ0v) is 16.2. The normalized spacial score (nSPS) is 10.6. The number of nitrogens with zero attached hydrogens (tertiary/aromatic N) is 1. The largest absolute Gasteiger partial charge is 0.486 e. The van der Waals surface area contributed by atoms with Crippen LogP contribution in [0.4, 0.5) is 5.13 Å². The van der Waals surface area contributed by atoms with E-state index in [0.29, 0.717) is 5.05 Å². The van der Waals surface area contributed by atoms with Gasteiger partial charge in [0.05, 0.1) is 17.7 Å². The number of benzene rings is 1. The van der Waals surface area contributed by atoms with Crippen molar-refractivity contribution in [3.05, 3.63) is 56.6 Å². The number of thiazole rings is 1. The molecule has 6 heteroatoms. The second kappa shape index (κ2) is 7.42. The molecule has 0 saturated carbocycles. The lowest BCUT2D eigenvalue weighted by Gasteiger charge is -2.03. The molecule has 0 aliphatic rings. The van der Waals surface area contributed by atoms with Gasteiger partial charge in [0.15, 0.2) is 5.13 Å². The number of hydrogen-bond acceptors (Lipinski definition) is 6. The molecule has 0 fully saturated rings. The van der Waals surface area contributed by atoms with Crippen molar-refractivity contribution in [1.29, 1.82) is 0 Å². The first-order chi connectivity index (χ1) is 11.6. The van der Waals surface area contributed by atoms with E-state index in [4.69, 9.17) is 21.9 Å². The molecule has 0 atom stereocenters. The predicted octanol–water partition coefficient (Wildman–Crippen LogP) is 5.42. The fourth-order valence-corrected chi connectivity index (χ4v) is 4.14. The number of methoxy groups -OCH3 is 1. The van der Waals surface area contributed by atoms with Gasteiger partial charge in [-0.1, -0.05) is 29.8 Å². The highest BCUT2D eigenvalue weighted by Crippen LogP contribution is 2.33. The Morgan fingerprint density at radius 3 is 2.71 bits per heavy atom. The molecule has 24 heavy (non-hydrogen) atoms. The maximum Gasteiger partial charge on any atom is 0.201 e. The van der Waals surface area contributed by atoms with Gasteiger partial charge in [-0.15, -0.1) is 22.7 Å². The molecule has 1 N–H and O–H groups in total. The van der Waals surface area contributed by atoms with Gasteiger partial charge in [-0.25, -0.2) is 4.98 Å². The second-order valence-corrected chi connectivity index (χ2v) is 7.93. The highest BCUT2D eigenvalue weighted by atomic mass is 32.1. The minimum atomic E-state index is 0.530. The van der Waals surface area contributed by atoms with Gasteiger partial charge in [0.1, 0.15) is 0 Å². The Hall–Kier alpha value is -1.76. The van der Waals surface area contributed by atoms with E-state index in [2.05, 4.69) is 54.9 Å². The molecule has 0 amide bonds. The Bertz CT molecular complexity index is 850. The Morgan fingerprint density at radius 2 is 2.00 bits per heavy atom. The topological polar surface area (TPSA) is 34.1 Å². The third-order valence-electron chi connectivity index (χ3n) is 3.65. The fraction of sp³-hybridized carbons (Fsp3) is 0.222. The zero-order valence-electron chi connectivity index (χ0n) is 13.8. The first-order valence-corrected chi connectivity index (χ1v) is 9.61. The summed E-state index contributed by atoms with van der Waals surface area (Å²) in [5.74, 6) is 0. The van der Waals surface area contributed by atoms with E-state index >= 15 is 0 Å². The van der Waals surface area contributed by atoms with E-state index in [9.17, 15) is 0 Å². The maximum absolute atomic E-state index is 5.21. The van der Waals surface area contributed by atoms with Crippen LogP contribution >= 0.6 is 34.9 Å². The van der Waals surface area contributed by atoms with Crippen molar-refractivity contribution < 1.29 is 4.74 Å². The molecule has 0 saturated heterocycles. The molecule has 3 aromatic rings. The van der Waals surface area contributed by atoms with Crippen LogP contribution in [0, 0.1) is 13.8 Å². The lowest BCUT2D eigenvalue weighted by molar-refractivity contribution is 0.417. The van der Waals surface area contributed by atoms with E-state index in [1.807, 2.05) is 0 Å². The molecule has 2 aromatic heterocycles. The van der Waals surface area contributed by atoms with Crippen LogP contribution in [0.15, 0.2) is 35.7 Å². The lowest BCUT2D eigenvalue weighted by Crippen LogP contribution is -1.98. The summed E-state index contributed by atoms with van der Waals surface area (Å²) in [6.07, 6.45) is 0. The van der Waals surface area contributed by atoms with Crippen molar-refractivity contribution in [2.24, 2.45) is 0 Å². The van der Waals surface area contributed by atoms with Gasteiger partial charge in [-0.05, 0) is 37.7 Å². The Balaban J connectivity index is 1.72. The fourth-order valence-electron chi connectivity index (χ4n) is 2.30. The zero-order chi connectivity index (χ0) is 17.1. The summed E-state index contributed by atoms with van der Waals surface area (Å²) in [6, 6.07) is 10.6. The number of anilines is 1. The Morgan fingerprint density at radius 1 is 1.25 bits per heavy atom. The van der Waals surface area contributed by atoms with Gasteiger partial charge < -0.3 is 10.1 Å². The van der Waals surface area contributed by atoms with Crippen molar-refractivity contribution in [3.63, 3.8) is 0 Å². The standard InChI is InChI=1S/C18H18N2OS3/c1-11-4-6-13(7-5-11)9-19-18-20-15(10-23-18)14-8-16(17(22)21-3)24-12(14)2/h4-8,10H,9H2,1-3H3,(H,19,20). The van der Waals surface area contributed by atoms with Crippen LogP contribution in [-0.2, 0) is 11.3 Å². The number of aryl methyl sites for hydroxylation is 2. The van der Waals surface area contributed by atoms with Crippen LogP contribution in [0.5, 0.6) is 0 Å². The third kappa shape index (κ3) is 3.83. The van der Waals surface area contributed by atoms with Gasteiger partial charge >= 0.3 is 0 Å². The summed E-state index contributed by atoms with van der Waals surface area (Å²) in [7, 11) is 1.60. The van der Waals surface area contributed by atoms with Crippen LogP contribution in [0.3, 0.4) is 0 Å². The minimum Gasteiger partial charge on any atom is -0.486 e. The number of thiocarbonyl (C=S) groups is 1. The first kappa shape index (κ1) is 17.1. The van der Waals surface area contributed by atoms with Crippen molar-refractivity contribution >= 4 is 45.1 Å². The first-order valence-electron chi connectivity index (χ1n) is 7.51. The predicted molar refractivity (Wildman–Crippen MR) is 107 cm³/mol. The number of thiophene rings is 1. The third-order valence-corrected chi connectivity index (χ3v) is 6.01. The van der Waals surface area contributed by atoms with Crippen molar-refractivity contribution in [2.45, 2.75) is 20.4 Å². The van der Waals surface area contributed by atoms with Crippen molar-refractivity contribution in [3.8, 4) is 11.3 Å². The maximum atomic E-state index is 5.21. The molecule has 3 nitrogen and oxygen atoms in total. The minimum absolute atomic E-state index is 0.530.